The summed E-state index contributed by atoms with van der Waals surface area (Å²) in [6, 6.07) is 0. The Bertz CT molecular complexity index is 197. The Kier molecular flexibility index (Phi) is 6.97. The van der Waals surface area contributed by atoms with E-state index in [-0.39, 0.29) is 57.9 Å². The second-order valence-electron chi connectivity index (χ2n) is 4.34. The van der Waals surface area contributed by atoms with E-state index in [2.05, 4.69) is 0 Å². The zero-order valence-electron chi connectivity index (χ0n) is 9.35. The van der Waals surface area contributed by atoms with Crippen LogP contribution >= 0.6 is 0 Å². The summed E-state index contributed by atoms with van der Waals surface area (Å²) in [6.07, 6.45) is 2.20. The van der Waals surface area contributed by atoms with Gasteiger partial charge < -0.3 is 23.0 Å². The molecule has 0 aromatic heterocycles. The first-order chi connectivity index (χ1) is 6.31. The third-order valence-corrected chi connectivity index (χ3v) is 2.62. The third kappa shape index (κ3) is 6.65. The Hall–Kier alpha value is 1.41. The van der Waals surface area contributed by atoms with Crippen LogP contribution in [0.25, 0.3) is 0 Å². The van der Waals surface area contributed by atoms with E-state index in [1.807, 2.05) is 0 Å². The van der Waals surface area contributed by atoms with Gasteiger partial charge in [0.2, 0.25) is 0 Å². The number of hydrogen-bond acceptors (Lipinski definition) is 2. The van der Waals surface area contributed by atoms with Gasteiger partial charge in [-0.3, -0.25) is 0 Å². The van der Waals surface area contributed by atoms with E-state index in [0.29, 0.717) is 12.8 Å². The molecule has 0 atom stereocenters. The smallest absolute Gasteiger partial charge is 0.448 e. The number of aliphatic hydroxyl groups is 1. The molecule has 2 nitrogen and oxygen atoms in total. The van der Waals surface area contributed by atoms with Crippen LogP contribution in [0.4, 0.5) is 12.9 Å². The largest absolute Gasteiger partial charge is 1.00 e. The van der Waals surface area contributed by atoms with Crippen LogP contribution in [0.15, 0.2) is 0 Å². The molecule has 0 unspecified atom stereocenters. The molecule has 0 spiro atoms. The fourth-order valence-electron chi connectivity index (χ4n) is 2.11. The van der Waals surface area contributed by atoms with Crippen molar-refractivity contribution in [1.29, 1.82) is 0 Å². The predicted molar refractivity (Wildman–Crippen MR) is 50.0 cm³/mol. The van der Waals surface area contributed by atoms with Crippen molar-refractivity contribution in [2.45, 2.75) is 31.3 Å². The van der Waals surface area contributed by atoms with E-state index in [9.17, 15) is 18.1 Å². The molecule has 0 heterocycles. The van der Waals surface area contributed by atoms with Gasteiger partial charge in [0.15, 0.2) is 0 Å². The molecular formula is C8H16BF3KNO. The molecular weight excluding hydrogens is 233 g/mol. The summed E-state index contributed by atoms with van der Waals surface area (Å²) in [7, 11) is 1.41. The van der Waals surface area contributed by atoms with Crippen molar-refractivity contribution in [2.75, 3.05) is 20.0 Å². The zero-order chi connectivity index (χ0) is 10.8. The maximum absolute atomic E-state index is 12.0. The molecule has 84 valence electrons. The first-order valence-electron chi connectivity index (χ1n) is 4.93. The first-order valence-corrected chi connectivity index (χ1v) is 4.93. The third-order valence-electron chi connectivity index (χ3n) is 2.62. The molecule has 1 aliphatic rings. The van der Waals surface area contributed by atoms with E-state index in [4.69, 9.17) is 0 Å². The Labute approximate surface area is 131 Å². The minimum Gasteiger partial charge on any atom is -0.448 e. The van der Waals surface area contributed by atoms with E-state index >= 15 is 0 Å². The molecule has 1 saturated carbocycles. The van der Waals surface area contributed by atoms with E-state index in [1.54, 1.807) is 0 Å². The topological polar surface area (TPSA) is 23.5 Å². The van der Waals surface area contributed by atoms with Gasteiger partial charge in [0.05, 0.1) is 5.60 Å². The Morgan fingerprint density at radius 3 is 2.13 bits per heavy atom. The summed E-state index contributed by atoms with van der Waals surface area (Å²) in [6.45, 7) is -4.64. The molecule has 0 bridgehead atoms. The first kappa shape index (κ1) is 16.4. The molecule has 1 fully saturated rings. The molecule has 1 rings (SSSR count). The van der Waals surface area contributed by atoms with Crippen molar-refractivity contribution in [3.05, 3.63) is 0 Å². The molecule has 0 saturated heterocycles. The number of hydrogen-bond donors (Lipinski definition) is 1. The minimum absolute atomic E-state index is 0. The normalized spacial score (nSPS) is 20.4. The van der Waals surface area contributed by atoms with Gasteiger partial charge in [0.1, 0.15) is 0 Å². The van der Waals surface area contributed by atoms with Gasteiger partial charge in [-0.2, -0.15) is 0 Å². The van der Waals surface area contributed by atoms with Gasteiger partial charge in [-0.05, 0) is 26.3 Å². The standard InChI is InChI=1S/C8H16BF3NO.K/c1-13(7-9(10,11)12)6-8(14)4-2-3-5-8;/h14H,2-7H2,1H3;/q-1;+1. The van der Waals surface area contributed by atoms with Crippen LogP contribution in [0.1, 0.15) is 25.7 Å². The van der Waals surface area contributed by atoms with Crippen LogP contribution in [0.5, 0.6) is 0 Å². The SMILES string of the molecule is CN(C[B-](F)(F)F)CC1(O)CCCC1.[K+]. The molecule has 1 N–H and O–H groups in total. The van der Waals surface area contributed by atoms with E-state index < -0.39 is 19.0 Å². The molecule has 7 heteroatoms. The molecule has 1 aliphatic carbocycles. The number of likely N-dealkylation sites (N-methyl/N-ethyl adjacent to an activating group) is 1. The van der Waals surface area contributed by atoms with Crippen LogP contribution < -0.4 is 51.4 Å². The Balaban J connectivity index is 0.00000196. The molecule has 0 aliphatic heterocycles. The fourth-order valence-corrected chi connectivity index (χ4v) is 2.11. The van der Waals surface area contributed by atoms with Gasteiger partial charge in [0.25, 0.3) is 0 Å². The summed E-state index contributed by atoms with van der Waals surface area (Å²) in [5, 5.41) is 9.86. The summed E-state index contributed by atoms with van der Waals surface area (Å²) < 4.78 is 36.1. The molecule has 15 heavy (non-hydrogen) atoms. The quantitative estimate of drug-likeness (QED) is 0.620. The predicted octanol–water partition coefficient (Wildman–Crippen LogP) is -1.39. The minimum atomic E-state index is -4.78. The van der Waals surface area contributed by atoms with Crippen molar-refractivity contribution in [1.82, 2.24) is 4.90 Å². The zero-order valence-corrected chi connectivity index (χ0v) is 12.5. The molecule has 0 aromatic rings. The van der Waals surface area contributed by atoms with Crippen LogP contribution in [-0.2, 0) is 0 Å². The summed E-state index contributed by atoms with van der Waals surface area (Å²) in [4.78, 5) is 1.17. The Morgan fingerprint density at radius 1 is 1.27 bits per heavy atom. The van der Waals surface area contributed by atoms with Crippen LogP contribution in [-0.4, -0.2) is 42.6 Å². The molecule has 0 aromatic carbocycles. The average molecular weight is 249 g/mol. The van der Waals surface area contributed by atoms with Gasteiger partial charge in [0, 0.05) is 6.54 Å². The van der Waals surface area contributed by atoms with Crippen molar-refractivity contribution < 1.29 is 69.4 Å². The molecule has 0 radical (unpaired) electrons. The maximum Gasteiger partial charge on any atom is 1.00 e. The summed E-state index contributed by atoms with van der Waals surface area (Å²) in [5.41, 5.74) is -0.879. The summed E-state index contributed by atoms with van der Waals surface area (Å²) in [5.74, 6) is 0. The van der Waals surface area contributed by atoms with Crippen molar-refractivity contribution >= 4 is 6.98 Å². The number of nitrogens with zero attached hydrogens (tertiary/aromatic N) is 1. The van der Waals surface area contributed by atoms with Gasteiger partial charge >= 0.3 is 58.4 Å². The van der Waals surface area contributed by atoms with Gasteiger partial charge in [-0.15, -0.1) is 0 Å². The number of rotatable bonds is 4. The van der Waals surface area contributed by atoms with E-state index in [0.717, 1.165) is 12.8 Å². The second kappa shape index (κ2) is 6.37. The monoisotopic (exact) mass is 249 g/mol. The Morgan fingerprint density at radius 2 is 1.73 bits per heavy atom. The van der Waals surface area contributed by atoms with E-state index in [1.165, 1.54) is 11.9 Å². The number of halogens is 3. The average Bonchev–Trinajstić information content (AvgIpc) is 2.30. The van der Waals surface area contributed by atoms with Crippen LogP contribution in [0.2, 0.25) is 0 Å². The van der Waals surface area contributed by atoms with Crippen LogP contribution in [0.3, 0.4) is 0 Å². The molecule has 0 amide bonds. The second-order valence-corrected chi connectivity index (χ2v) is 4.34. The maximum atomic E-state index is 12.0. The fraction of sp³-hybridized carbons (Fsp3) is 1.00. The van der Waals surface area contributed by atoms with Gasteiger partial charge in [-0.25, -0.2) is 0 Å². The van der Waals surface area contributed by atoms with Crippen molar-refractivity contribution in [3.8, 4) is 0 Å². The summed E-state index contributed by atoms with van der Waals surface area (Å²) >= 11 is 0. The van der Waals surface area contributed by atoms with Gasteiger partial charge in [-0.1, -0.05) is 12.8 Å². The van der Waals surface area contributed by atoms with Crippen molar-refractivity contribution in [2.24, 2.45) is 0 Å². The van der Waals surface area contributed by atoms with Crippen molar-refractivity contribution in [3.63, 3.8) is 0 Å². The van der Waals surface area contributed by atoms with Crippen LogP contribution in [0, 0.1) is 0 Å².